The minimum absolute atomic E-state index is 0.0226. The van der Waals surface area contributed by atoms with Crippen LogP contribution in [-0.4, -0.2) is 90.9 Å². The molecular formula is C63H68N2O14S. The molecule has 0 aliphatic rings. The van der Waals surface area contributed by atoms with Crippen LogP contribution in [0.5, 0.6) is 23.0 Å². The number of esters is 2. The molecule has 0 aliphatic heterocycles. The number of alkyl carbamates (subject to hydrolysis) is 2. The molecule has 420 valence electrons. The van der Waals surface area contributed by atoms with Crippen molar-refractivity contribution in [3.8, 4) is 23.0 Å². The number of rotatable bonds is 28. The molecule has 2 N–H and O–H groups in total. The summed E-state index contributed by atoms with van der Waals surface area (Å²) in [6.07, 6.45) is -3.58. The molecule has 6 aromatic rings. The Hall–Kier alpha value is -8.83. The molecule has 2 atom stereocenters. The van der Waals surface area contributed by atoms with E-state index in [-0.39, 0.29) is 95.1 Å². The molecule has 0 heterocycles. The number of hydrogen-bond acceptors (Lipinski definition) is 14. The molecule has 0 aromatic heterocycles. The first kappa shape index (κ1) is 60.4. The molecule has 80 heavy (non-hydrogen) atoms. The first-order chi connectivity index (χ1) is 38.1. The van der Waals surface area contributed by atoms with Gasteiger partial charge in [0.25, 0.3) is 0 Å². The quantitative estimate of drug-likeness (QED) is 0.0154. The van der Waals surface area contributed by atoms with Gasteiger partial charge in [-0.3, -0.25) is 0 Å². The smallest absolute Gasteiger partial charge is 0.408 e. The van der Waals surface area contributed by atoms with Crippen LogP contribution in [-0.2, 0) is 49.2 Å². The van der Waals surface area contributed by atoms with Gasteiger partial charge in [-0.1, -0.05) is 132 Å². The fraction of sp³-hybridized carbons (Fsp3) is 0.270. The Bertz CT molecular complexity index is 3180. The van der Waals surface area contributed by atoms with E-state index in [1.807, 2.05) is 84.9 Å². The van der Waals surface area contributed by atoms with E-state index >= 15 is 0 Å². The second kappa shape index (κ2) is 28.2. The van der Waals surface area contributed by atoms with Crippen molar-refractivity contribution >= 4 is 34.0 Å². The van der Waals surface area contributed by atoms with Crippen LogP contribution in [0.15, 0.2) is 204 Å². The van der Waals surface area contributed by atoms with E-state index in [4.69, 9.17) is 37.9 Å². The highest BCUT2D eigenvalue weighted by atomic mass is 32.2. The van der Waals surface area contributed by atoms with Crippen LogP contribution in [0.4, 0.5) is 9.59 Å². The van der Waals surface area contributed by atoms with Gasteiger partial charge in [-0.25, -0.2) is 27.6 Å². The second-order valence-corrected chi connectivity index (χ2v) is 21.6. The zero-order valence-electron chi connectivity index (χ0n) is 45.9. The van der Waals surface area contributed by atoms with Crippen molar-refractivity contribution in [3.63, 3.8) is 0 Å². The van der Waals surface area contributed by atoms with Crippen molar-refractivity contribution in [2.45, 2.75) is 74.4 Å². The minimum atomic E-state index is -4.04. The SMILES string of the molecule is C=C(CNC(=O)OC(COc1ccc(C(C)(C)c2ccccc2)cc1)COc1ccc(S(=O)(=O)c2ccc(OCC(COc3ccc(C(C)(C)c4ccccc4)cc3)OC(=O)NCCOC(=O)C(=C)C)cc2)cc1)OC(=O)C(=C)C. The van der Waals surface area contributed by atoms with E-state index in [0.29, 0.717) is 11.5 Å². The van der Waals surface area contributed by atoms with Gasteiger partial charge in [0, 0.05) is 22.0 Å². The number of sulfone groups is 1. The molecule has 0 aliphatic carbocycles. The van der Waals surface area contributed by atoms with Crippen LogP contribution in [0, 0.1) is 0 Å². The first-order valence-electron chi connectivity index (χ1n) is 25.7. The summed E-state index contributed by atoms with van der Waals surface area (Å²) in [5, 5.41) is 5.04. The normalized spacial score (nSPS) is 12.1. The maximum absolute atomic E-state index is 13.8. The zero-order chi connectivity index (χ0) is 57.9. The summed E-state index contributed by atoms with van der Waals surface area (Å²) in [6, 6.07) is 47.0. The van der Waals surface area contributed by atoms with Gasteiger partial charge >= 0.3 is 24.1 Å². The third-order valence-electron chi connectivity index (χ3n) is 12.7. The summed E-state index contributed by atoms with van der Waals surface area (Å²) in [5.74, 6) is 0.303. The van der Waals surface area contributed by atoms with Crippen molar-refractivity contribution < 1.29 is 65.5 Å². The van der Waals surface area contributed by atoms with E-state index in [2.05, 4.69) is 82.3 Å². The number of ether oxygens (including phenoxy) is 8. The van der Waals surface area contributed by atoms with Crippen LogP contribution in [0.3, 0.4) is 0 Å². The van der Waals surface area contributed by atoms with Crippen molar-refractivity contribution in [3.05, 3.63) is 217 Å². The molecule has 0 saturated heterocycles. The molecular weight excluding hydrogens is 1040 g/mol. The van der Waals surface area contributed by atoms with E-state index in [0.717, 1.165) is 22.3 Å². The zero-order valence-corrected chi connectivity index (χ0v) is 46.7. The highest BCUT2D eigenvalue weighted by molar-refractivity contribution is 7.91. The Balaban J connectivity index is 1.07. The lowest BCUT2D eigenvalue weighted by molar-refractivity contribution is -0.138. The molecule has 17 heteroatoms. The highest BCUT2D eigenvalue weighted by Gasteiger charge is 2.26. The average molecular weight is 1110 g/mol. The lowest BCUT2D eigenvalue weighted by atomic mass is 9.78. The average Bonchev–Trinajstić information content (AvgIpc) is 3.48. The third kappa shape index (κ3) is 17.6. The van der Waals surface area contributed by atoms with Crippen LogP contribution in [0.25, 0.3) is 0 Å². The van der Waals surface area contributed by atoms with Gasteiger partial charge in [0.2, 0.25) is 9.84 Å². The number of carbonyl (C=O) groups excluding carboxylic acids is 4. The monoisotopic (exact) mass is 1110 g/mol. The van der Waals surface area contributed by atoms with E-state index in [1.54, 1.807) is 0 Å². The first-order valence-corrected chi connectivity index (χ1v) is 27.2. The van der Waals surface area contributed by atoms with Gasteiger partial charge in [0.15, 0.2) is 12.2 Å². The van der Waals surface area contributed by atoms with Crippen LogP contribution in [0.2, 0.25) is 0 Å². The Kier molecular flexibility index (Phi) is 21.3. The summed E-state index contributed by atoms with van der Waals surface area (Å²) >= 11 is 0. The summed E-state index contributed by atoms with van der Waals surface area (Å²) in [7, 11) is -4.04. The van der Waals surface area contributed by atoms with E-state index < -0.39 is 46.2 Å². The molecule has 0 fully saturated rings. The Labute approximate surface area is 468 Å². The van der Waals surface area contributed by atoms with Gasteiger partial charge in [0.05, 0.1) is 22.9 Å². The van der Waals surface area contributed by atoms with Crippen molar-refractivity contribution in [2.75, 3.05) is 46.1 Å². The maximum Gasteiger partial charge on any atom is 0.408 e. The molecule has 0 radical (unpaired) electrons. The van der Waals surface area contributed by atoms with Gasteiger partial charge in [-0.15, -0.1) is 0 Å². The van der Waals surface area contributed by atoms with Gasteiger partial charge in [-0.05, 0) is 109 Å². The van der Waals surface area contributed by atoms with Gasteiger partial charge in [0.1, 0.15) is 61.8 Å². The molecule has 6 rings (SSSR count). The summed E-state index contributed by atoms with van der Waals surface area (Å²) in [6.45, 7) is 21.3. The largest absolute Gasteiger partial charge is 0.490 e. The highest BCUT2D eigenvalue weighted by Crippen LogP contribution is 2.34. The molecule has 0 saturated carbocycles. The standard InChI is InChI=1S/C63H68N2O14S/c1-43(2)58(66)72-37-36-64-60(68)78-54(39-73-50-24-20-48(21-25-50)62(6,7)46-16-12-10-13-17-46)40-75-52-28-32-56(33-29-52)80(70,71)57-34-30-53(31-35-57)76-42-55(79-61(69)65-38-45(5)77-59(67)44(3)4)41-74-51-26-22-49(23-27-51)63(8,9)47-18-14-11-15-19-47/h10-35,54-55H,1,3,5,36-42H2,2,4,6-9H3,(H,64,68)(H,65,69). The molecule has 0 spiro atoms. The number of nitrogens with one attached hydrogen (secondary N) is 2. The second-order valence-electron chi connectivity index (χ2n) is 19.7. The topological polar surface area (TPSA) is 200 Å². The Morgan fingerprint density at radius 3 is 1.18 bits per heavy atom. The van der Waals surface area contributed by atoms with Gasteiger partial charge < -0.3 is 48.5 Å². The summed E-state index contributed by atoms with van der Waals surface area (Å²) < 4.78 is 73.2. The third-order valence-corrected chi connectivity index (χ3v) is 14.5. The molecule has 2 unspecified atom stereocenters. The van der Waals surface area contributed by atoms with E-state index in [1.165, 1.54) is 62.4 Å². The maximum atomic E-state index is 13.8. The molecule has 0 bridgehead atoms. The number of hydrogen-bond donors (Lipinski definition) is 2. The van der Waals surface area contributed by atoms with Gasteiger partial charge in [-0.2, -0.15) is 0 Å². The predicted molar refractivity (Wildman–Crippen MR) is 303 cm³/mol. The fourth-order valence-electron chi connectivity index (χ4n) is 7.76. The number of benzene rings is 6. The minimum Gasteiger partial charge on any atom is -0.490 e. The van der Waals surface area contributed by atoms with E-state index in [9.17, 15) is 27.6 Å². The summed E-state index contributed by atoms with van der Waals surface area (Å²) in [4.78, 5) is 49.5. The molecule has 6 aromatic carbocycles. The number of amides is 2. The predicted octanol–water partition coefficient (Wildman–Crippen LogP) is 11.0. The lowest BCUT2D eigenvalue weighted by Gasteiger charge is -2.26. The van der Waals surface area contributed by atoms with Crippen molar-refractivity contribution in [2.24, 2.45) is 0 Å². The molecule has 16 nitrogen and oxygen atoms in total. The number of carbonyl (C=O) groups is 4. The van der Waals surface area contributed by atoms with Crippen molar-refractivity contribution in [1.29, 1.82) is 0 Å². The lowest BCUT2D eigenvalue weighted by Crippen LogP contribution is -2.37. The fourth-order valence-corrected chi connectivity index (χ4v) is 9.03. The summed E-state index contributed by atoms with van der Waals surface area (Å²) in [5.41, 5.74) is 4.27. The van der Waals surface area contributed by atoms with Crippen LogP contribution in [0.1, 0.15) is 63.8 Å². The van der Waals surface area contributed by atoms with Crippen LogP contribution < -0.4 is 29.6 Å². The Morgan fingerprint density at radius 2 is 0.812 bits per heavy atom. The molecule has 2 amide bonds. The Morgan fingerprint density at radius 1 is 0.475 bits per heavy atom. The van der Waals surface area contributed by atoms with Crippen molar-refractivity contribution in [1.82, 2.24) is 10.6 Å². The van der Waals surface area contributed by atoms with Crippen LogP contribution >= 0.6 is 0 Å².